The molecule has 0 aliphatic rings. The molecule has 0 spiro atoms. The van der Waals surface area contributed by atoms with Crippen LogP contribution in [0.2, 0.25) is 0 Å². The van der Waals surface area contributed by atoms with Gasteiger partial charge in [-0.25, -0.2) is 0 Å². The third-order valence-electron chi connectivity index (χ3n) is 2.80. The van der Waals surface area contributed by atoms with Gasteiger partial charge >= 0.3 is 0 Å². The number of aromatic nitrogens is 3. The minimum atomic E-state index is 1.02. The van der Waals surface area contributed by atoms with E-state index >= 15 is 0 Å². The molecule has 4 heteroatoms. The van der Waals surface area contributed by atoms with Gasteiger partial charge in [-0.2, -0.15) is 5.10 Å². The van der Waals surface area contributed by atoms with Crippen LogP contribution < -0.4 is 0 Å². The fourth-order valence-electron chi connectivity index (χ4n) is 1.81. The summed E-state index contributed by atoms with van der Waals surface area (Å²) in [7, 11) is 0. The third kappa shape index (κ3) is 3.60. The van der Waals surface area contributed by atoms with E-state index in [2.05, 4.69) is 22.1 Å². The number of pyridine rings is 1. The molecule has 18 heavy (non-hydrogen) atoms. The molecule has 0 atom stereocenters. The van der Waals surface area contributed by atoms with Crippen LogP contribution in [0.25, 0.3) is 11.3 Å². The summed E-state index contributed by atoms with van der Waals surface area (Å²) in [5.74, 6) is 1.16. The maximum atomic E-state index is 4.32. The molecule has 0 unspecified atom stereocenters. The van der Waals surface area contributed by atoms with Gasteiger partial charge in [0.2, 0.25) is 0 Å². The zero-order chi connectivity index (χ0) is 12.6. The Morgan fingerprint density at radius 3 is 3.00 bits per heavy atom. The van der Waals surface area contributed by atoms with Crippen LogP contribution >= 0.6 is 11.8 Å². The molecule has 0 fully saturated rings. The number of hydrogen-bond donors (Lipinski definition) is 1. The van der Waals surface area contributed by atoms with Crippen molar-refractivity contribution in [3.8, 4) is 11.3 Å². The number of H-pyrrole nitrogens is 1. The Kier molecular flexibility index (Phi) is 5.27. The molecular weight excluding hydrogens is 242 g/mol. The van der Waals surface area contributed by atoms with E-state index in [1.165, 1.54) is 30.6 Å². The minimum Gasteiger partial charge on any atom is -0.284 e. The van der Waals surface area contributed by atoms with Crippen LogP contribution in [0.1, 0.15) is 32.6 Å². The van der Waals surface area contributed by atoms with Gasteiger partial charge in [0.25, 0.3) is 0 Å². The highest BCUT2D eigenvalue weighted by atomic mass is 32.2. The molecule has 0 bridgehead atoms. The molecule has 2 aromatic rings. The fraction of sp³-hybridized carbons (Fsp3) is 0.429. The molecule has 2 heterocycles. The van der Waals surface area contributed by atoms with E-state index in [0.29, 0.717) is 0 Å². The Labute approximate surface area is 112 Å². The average Bonchev–Trinajstić information content (AvgIpc) is 2.88. The normalized spacial score (nSPS) is 10.7. The molecule has 0 saturated heterocycles. The van der Waals surface area contributed by atoms with Crippen LogP contribution in [-0.4, -0.2) is 20.9 Å². The van der Waals surface area contributed by atoms with Gasteiger partial charge in [0, 0.05) is 24.2 Å². The highest BCUT2D eigenvalue weighted by molar-refractivity contribution is 7.99. The van der Waals surface area contributed by atoms with Gasteiger partial charge in [0.1, 0.15) is 5.69 Å². The fourth-order valence-corrected chi connectivity index (χ4v) is 2.81. The lowest BCUT2D eigenvalue weighted by Gasteiger charge is -2.02. The summed E-state index contributed by atoms with van der Waals surface area (Å²) >= 11 is 1.88. The first-order chi connectivity index (χ1) is 8.92. The summed E-state index contributed by atoms with van der Waals surface area (Å²) in [6.45, 7) is 2.24. The van der Waals surface area contributed by atoms with Crippen molar-refractivity contribution in [3.05, 3.63) is 30.7 Å². The second-order valence-corrected chi connectivity index (χ2v) is 5.39. The summed E-state index contributed by atoms with van der Waals surface area (Å²) in [5, 5.41) is 7.27. The molecule has 2 aromatic heterocycles. The van der Waals surface area contributed by atoms with Crippen molar-refractivity contribution in [2.24, 2.45) is 0 Å². The lowest BCUT2D eigenvalue weighted by Crippen LogP contribution is -1.84. The SMILES string of the molecule is CCCCCCSc1c[nH]nc1-c1cccnc1. The van der Waals surface area contributed by atoms with Crippen molar-refractivity contribution < 1.29 is 0 Å². The highest BCUT2D eigenvalue weighted by Crippen LogP contribution is 2.29. The summed E-state index contributed by atoms with van der Waals surface area (Å²) in [5.41, 5.74) is 2.10. The number of unbranched alkanes of at least 4 members (excludes halogenated alkanes) is 3. The van der Waals surface area contributed by atoms with Gasteiger partial charge in [0.15, 0.2) is 0 Å². The lowest BCUT2D eigenvalue weighted by atomic mass is 10.2. The Bertz CT molecular complexity index is 453. The zero-order valence-electron chi connectivity index (χ0n) is 10.7. The molecule has 0 amide bonds. The molecule has 3 nitrogen and oxygen atoms in total. The minimum absolute atomic E-state index is 1.02. The van der Waals surface area contributed by atoms with E-state index in [-0.39, 0.29) is 0 Å². The van der Waals surface area contributed by atoms with Crippen LogP contribution in [-0.2, 0) is 0 Å². The number of nitrogens with zero attached hydrogens (tertiary/aromatic N) is 2. The molecule has 0 radical (unpaired) electrons. The van der Waals surface area contributed by atoms with Gasteiger partial charge < -0.3 is 0 Å². The van der Waals surface area contributed by atoms with Crippen LogP contribution in [0.15, 0.2) is 35.6 Å². The summed E-state index contributed by atoms with van der Waals surface area (Å²) in [4.78, 5) is 5.36. The van der Waals surface area contributed by atoms with Crippen molar-refractivity contribution in [3.63, 3.8) is 0 Å². The van der Waals surface area contributed by atoms with E-state index in [9.17, 15) is 0 Å². The van der Waals surface area contributed by atoms with Gasteiger partial charge in [-0.15, -0.1) is 11.8 Å². The summed E-state index contributed by atoms with van der Waals surface area (Å²) in [6, 6.07) is 3.99. The zero-order valence-corrected chi connectivity index (χ0v) is 11.5. The van der Waals surface area contributed by atoms with Crippen molar-refractivity contribution in [2.45, 2.75) is 37.5 Å². The predicted octanol–water partition coefficient (Wildman–Crippen LogP) is 4.14. The quantitative estimate of drug-likeness (QED) is 0.601. The Morgan fingerprint density at radius 1 is 1.28 bits per heavy atom. The van der Waals surface area contributed by atoms with Crippen molar-refractivity contribution in [1.29, 1.82) is 0 Å². The van der Waals surface area contributed by atoms with Crippen molar-refractivity contribution >= 4 is 11.8 Å². The smallest absolute Gasteiger partial charge is 0.107 e. The van der Waals surface area contributed by atoms with Gasteiger partial charge in [0.05, 0.1) is 4.90 Å². The predicted molar refractivity (Wildman–Crippen MR) is 76.7 cm³/mol. The molecule has 0 aromatic carbocycles. The molecule has 96 valence electrons. The lowest BCUT2D eigenvalue weighted by molar-refractivity contribution is 0.706. The van der Waals surface area contributed by atoms with Crippen molar-refractivity contribution in [1.82, 2.24) is 15.2 Å². The first kappa shape index (κ1) is 13.1. The molecule has 0 aliphatic carbocycles. The first-order valence-corrected chi connectivity index (χ1v) is 7.47. The van der Waals surface area contributed by atoms with Gasteiger partial charge in [-0.05, 0) is 24.3 Å². The topological polar surface area (TPSA) is 41.6 Å². The Balaban J connectivity index is 1.92. The second-order valence-electron chi connectivity index (χ2n) is 4.25. The van der Waals surface area contributed by atoms with E-state index < -0.39 is 0 Å². The molecule has 0 aliphatic heterocycles. The summed E-state index contributed by atoms with van der Waals surface area (Å²) < 4.78 is 0. The maximum Gasteiger partial charge on any atom is 0.107 e. The van der Waals surface area contributed by atoms with E-state index in [4.69, 9.17) is 0 Å². The van der Waals surface area contributed by atoms with E-state index in [1.807, 2.05) is 36.3 Å². The van der Waals surface area contributed by atoms with E-state index in [1.54, 1.807) is 6.20 Å². The first-order valence-electron chi connectivity index (χ1n) is 6.48. The van der Waals surface area contributed by atoms with E-state index in [0.717, 1.165) is 17.0 Å². The molecule has 1 N–H and O–H groups in total. The largest absolute Gasteiger partial charge is 0.284 e. The molecule has 0 saturated carbocycles. The van der Waals surface area contributed by atoms with Crippen LogP contribution in [0.3, 0.4) is 0 Å². The monoisotopic (exact) mass is 261 g/mol. The van der Waals surface area contributed by atoms with Gasteiger partial charge in [-0.3, -0.25) is 10.1 Å². The number of thioether (sulfide) groups is 1. The number of nitrogens with one attached hydrogen (secondary N) is 1. The number of rotatable bonds is 7. The maximum absolute atomic E-state index is 4.32. The average molecular weight is 261 g/mol. The number of aromatic amines is 1. The van der Waals surface area contributed by atoms with Crippen LogP contribution in [0, 0.1) is 0 Å². The highest BCUT2D eigenvalue weighted by Gasteiger charge is 2.08. The van der Waals surface area contributed by atoms with Gasteiger partial charge in [-0.1, -0.05) is 26.2 Å². The number of hydrogen-bond acceptors (Lipinski definition) is 3. The molecule has 2 rings (SSSR count). The standard InChI is InChI=1S/C14H19N3S/c1-2-3-4-5-9-18-13-11-16-17-14(13)12-7-6-8-15-10-12/h6-8,10-11H,2-5,9H2,1H3,(H,16,17). The van der Waals surface area contributed by atoms with Crippen LogP contribution in [0.4, 0.5) is 0 Å². The molecular formula is C14H19N3S. The van der Waals surface area contributed by atoms with Crippen LogP contribution in [0.5, 0.6) is 0 Å². The third-order valence-corrected chi connectivity index (χ3v) is 3.91. The summed E-state index contributed by atoms with van der Waals surface area (Å²) in [6.07, 6.45) is 10.8. The Morgan fingerprint density at radius 2 is 2.22 bits per heavy atom. The Hall–Kier alpha value is -1.29. The van der Waals surface area contributed by atoms with Crippen molar-refractivity contribution in [2.75, 3.05) is 5.75 Å². The second kappa shape index (κ2) is 7.21.